The third kappa shape index (κ3) is 2.80. The molecule has 0 aliphatic rings. The van der Waals surface area contributed by atoms with Gasteiger partial charge in [-0.1, -0.05) is 12.1 Å². The number of hydrogen-bond acceptors (Lipinski definition) is 4. The van der Waals surface area contributed by atoms with Crippen LogP contribution in [0.25, 0.3) is 0 Å². The molecule has 1 aromatic carbocycles. The van der Waals surface area contributed by atoms with E-state index in [1.54, 1.807) is 24.3 Å². The summed E-state index contributed by atoms with van der Waals surface area (Å²) in [6.07, 6.45) is 2.93. The van der Waals surface area contributed by atoms with Crippen molar-refractivity contribution in [3.05, 3.63) is 47.2 Å². The zero-order valence-electron chi connectivity index (χ0n) is 8.54. The van der Waals surface area contributed by atoms with Gasteiger partial charge in [0.1, 0.15) is 4.90 Å². The van der Waals surface area contributed by atoms with Gasteiger partial charge >= 0.3 is 0 Å². The summed E-state index contributed by atoms with van der Waals surface area (Å²) in [7, 11) is -3.67. The lowest BCUT2D eigenvalue weighted by molar-refractivity contribution is 0.600. The Labute approximate surface area is 107 Å². The van der Waals surface area contributed by atoms with E-state index in [9.17, 15) is 8.42 Å². The summed E-state index contributed by atoms with van der Waals surface area (Å²) >= 11 is 3.19. The van der Waals surface area contributed by atoms with Gasteiger partial charge in [0.15, 0.2) is 0 Å². The molecule has 0 spiro atoms. The van der Waals surface area contributed by atoms with Crippen molar-refractivity contribution in [2.75, 3.05) is 4.72 Å². The minimum Gasteiger partial charge on any atom is -0.247 e. The molecule has 0 fully saturated rings. The average molecular weight is 314 g/mol. The van der Waals surface area contributed by atoms with Gasteiger partial charge in [-0.15, -0.1) is 0 Å². The van der Waals surface area contributed by atoms with Crippen molar-refractivity contribution in [1.29, 1.82) is 0 Å². The second kappa shape index (κ2) is 4.80. The second-order valence-corrected chi connectivity index (χ2v) is 5.61. The maximum atomic E-state index is 12.0. The molecule has 0 aliphatic heterocycles. The largest absolute Gasteiger partial charge is 0.265 e. The van der Waals surface area contributed by atoms with Crippen LogP contribution in [0.2, 0.25) is 0 Å². The molecule has 2 aromatic rings. The van der Waals surface area contributed by atoms with E-state index in [1.165, 1.54) is 18.5 Å². The van der Waals surface area contributed by atoms with Crippen LogP contribution in [0.1, 0.15) is 0 Å². The van der Waals surface area contributed by atoms with E-state index in [0.717, 1.165) is 0 Å². The lowest BCUT2D eigenvalue weighted by Gasteiger charge is -2.07. The van der Waals surface area contributed by atoms with Crippen molar-refractivity contribution in [3.63, 3.8) is 0 Å². The van der Waals surface area contributed by atoms with Gasteiger partial charge < -0.3 is 0 Å². The molecule has 0 saturated carbocycles. The molecule has 0 atom stereocenters. The van der Waals surface area contributed by atoms with E-state index in [0.29, 0.717) is 4.47 Å². The molecular weight excluding hydrogens is 306 g/mol. The van der Waals surface area contributed by atoms with E-state index in [1.807, 2.05) is 0 Å². The molecule has 0 saturated heterocycles. The van der Waals surface area contributed by atoms with Gasteiger partial charge in [0.25, 0.3) is 10.0 Å². The fourth-order valence-electron chi connectivity index (χ4n) is 1.19. The van der Waals surface area contributed by atoms with E-state index in [4.69, 9.17) is 0 Å². The van der Waals surface area contributed by atoms with Gasteiger partial charge in [-0.05, 0) is 34.1 Å². The first-order valence-corrected chi connectivity index (χ1v) is 6.91. The number of nitrogens with zero attached hydrogens (tertiary/aromatic N) is 2. The lowest BCUT2D eigenvalue weighted by atomic mass is 10.4. The van der Waals surface area contributed by atoms with E-state index >= 15 is 0 Å². The van der Waals surface area contributed by atoms with Crippen molar-refractivity contribution >= 4 is 31.9 Å². The molecule has 7 heteroatoms. The number of hydrogen-bond donors (Lipinski definition) is 1. The number of nitrogens with one attached hydrogen (secondary N) is 1. The number of rotatable bonds is 3. The molecule has 1 aromatic heterocycles. The first-order chi connectivity index (χ1) is 8.09. The van der Waals surface area contributed by atoms with Crippen LogP contribution in [0.15, 0.2) is 52.1 Å². The fraction of sp³-hybridized carbons (Fsp3) is 0. The Morgan fingerprint density at radius 2 is 1.71 bits per heavy atom. The van der Waals surface area contributed by atoms with Gasteiger partial charge in [-0.3, -0.25) is 0 Å². The highest BCUT2D eigenvalue weighted by Gasteiger charge is 2.17. The Hall–Kier alpha value is -1.47. The maximum Gasteiger partial charge on any atom is 0.265 e. The summed E-state index contributed by atoms with van der Waals surface area (Å²) in [5.74, 6) is 0.0447. The smallest absolute Gasteiger partial charge is 0.247 e. The van der Waals surface area contributed by atoms with Crippen LogP contribution < -0.4 is 4.72 Å². The molecule has 0 unspecified atom stereocenters. The second-order valence-electron chi connectivity index (χ2n) is 3.11. The molecule has 2 rings (SSSR count). The number of benzene rings is 1. The van der Waals surface area contributed by atoms with Crippen molar-refractivity contribution in [2.45, 2.75) is 4.90 Å². The molecule has 0 bridgehead atoms. The molecule has 17 heavy (non-hydrogen) atoms. The normalized spacial score (nSPS) is 11.1. The van der Waals surface area contributed by atoms with Crippen LogP contribution >= 0.6 is 15.9 Å². The highest BCUT2D eigenvalue weighted by atomic mass is 79.9. The Bertz CT molecular complexity index is 616. The monoisotopic (exact) mass is 313 g/mol. The zero-order valence-corrected chi connectivity index (χ0v) is 10.9. The standard InChI is InChI=1S/C10H8BrN3O2S/c11-8-4-1-2-5-9(8)17(15,16)14-10-12-6-3-7-13-10/h1-7H,(H,12,13,14). The van der Waals surface area contributed by atoms with Crippen LogP contribution in [0.4, 0.5) is 5.95 Å². The van der Waals surface area contributed by atoms with Gasteiger partial charge in [0.05, 0.1) is 0 Å². The highest BCUT2D eigenvalue weighted by molar-refractivity contribution is 9.10. The van der Waals surface area contributed by atoms with E-state index in [2.05, 4.69) is 30.6 Å². The van der Waals surface area contributed by atoms with Crippen molar-refractivity contribution in [1.82, 2.24) is 9.97 Å². The predicted octanol–water partition coefficient (Wildman–Crippen LogP) is 2.04. The molecule has 0 aliphatic carbocycles. The van der Waals surface area contributed by atoms with E-state index in [-0.39, 0.29) is 10.8 Å². The van der Waals surface area contributed by atoms with Gasteiger partial charge in [-0.25, -0.2) is 23.1 Å². The first-order valence-electron chi connectivity index (χ1n) is 4.64. The minimum absolute atomic E-state index is 0.0447. The predicted molar refractivity (Wildman–Crippen MR) is 67.0 cm³/mol. The van der Waals surface area contributed by atoms with Gasteiger partial charge in [-0.2, -0.15) is 0 Å². The van der Waals surface area contributed by atoms with Crippen molar-refractivity contribution < 1.29 is 8.42 Å². The summed E-state index contributed by atoms with van der Waals surface area (Å²) in [5, 5.41) is 0. The van der Waals surface area contributed by atoms with E-state index < -0.39 is 10.0 Å². The summed E-state index contributed by atoms with van der Waals surface area (Å²) < 4.78 is 26.8. The SMILES string of the molecule is O=S(=O)(Nc1ncccn1)c1ccccc1Br. The molecule has 88 valence electrons. The number of anilines is 1. The third-order valence-corrected chi connectivity index (χ3v) is 4.26. The van der Waals surface area contributed by atoms with Crippen molar-refractivity contribution in [3.8, 4) is 0 Å². The van der Waals surface area contributed by atoms with Crippen LogP contribution in [0.5, 0.6) is 0 Å². The van der Waals surface area contributed by atoms with Gasteiger partial charge in [0, 0.05) is 16.9 Å². The van der Waals surface area contributed by atoms with Crippen LogP contribution in [-0.2, 0) is 10.0 Å². The van der Waals surface area contributed by atoms with Crippen LogP contribution in [0, 0.1) is 0 Å². The van der Waals surface area contributed by atoms with Crippen LogP contribution in [-0.4, -0.2) is 18.4 Å². The quantitative estimate of drug-likeness (QED) is 0.941. The molecule has 0 amide bonds. The number of sulfonamides is 1. The zero-order chi connectivity index (χ0) is 12.3. The summed E-state index contributed by atoms with van der Waals surface area (Å²) in [6.45, 7) is 0. The molecule has 1 heterocycles. The molecule has 5 nitrogen and oxygen atoms in total. The van der Waals surface area contributed by atoms with Crippen molar-refractivity contribution in [2.24, 2.45) is 0 Å². The Balaban J connectivity index is 2.36. The molecule has 1 N–H and O–H groups in total. The number of halogens is 1. The topological polar surface area (TPSA) is 72.0 Å². The Morgan fingerprint density at radius 3 is 2.35 bits per heavy atom. The molecular formula is C10H8BrN3O2S. The van der Waals surface area contributed by atoms with Crippen LogP contribution in [0.3, 0.4) is 0 Å². The Morgan fingerprint density at radius 1 is 1.06 bits per heavy atom. The summed E-state index contributed by atoms with van der Waals surface area (Å²) in [4.78, 5) is 7.75. The summed E-state index contributed by atoms with van der Waals surface area (Å²) in [5.41, 5.74) is 0. The fourth-order valence-corrected chi connectivity index (χ4v) is 3.15. The highest BCUT2D eigenvalue weighted by Crippen LogP contribution is 2.22. The summed E-state index contributed by atoms with van der Waals surface area (Å²) in [6, 6.07) is 8.14. The Kier molecular flexibility index (Phi) is 3.39. The lowest BCUT2D eigenvalue weighted by Crippen LogP contribution is -2.15. The first kappa shape index (κ1) is 12.0. The minimum atomic E-state index is -3.67. The maximum absolute atomic E-state index is 12.0. The molecule has 0 radical (unpaired) electrons. The van der Waals surface area contributed by atoms with Gasteiger partial charge in [0.2, 0.25) is 5.95 Å². The third-order valence-electron chi connectivity index (χ3n) is 1.92. The average Bonchev–Trinajstić information content (AvgIpc) is 2.30. The number of aromatic nitrogens is 2.